The van der Waals surface area contributed by atoms with Gasteiger partial charge in [0.2, 0.25) is 12.4 Å². The fourth-order valence-corrected chi connectivity index (χ4v) is 2.01. The first-order valence-electron chi connectivity index (χ1n) is 6.48. The summed E-state index contributed by atoms with van der Waals surface area (Å²) in [7, 11) is 1.19. The van der Waals surface area contributed by atoms with Crippen molar-refractivity contribution in [1.29, 1.82) is 0 Å². The summed E-state index contributed by atoms with van der Waals surface area (Å²) in [6, 6.07) is 0. The number of hydrogen-bond acceptors (Lipinski definition) is 9. The van der Waals surface area contributed by atoms with Gasteiger partial charge < -0.3 is 23.7 Å². The van der Waals surface area contributed by atoms with Crippen LogP contribution in [0, 0.1) is 0 Å². The van der Waals surface area contributed by atoms with Gasteiger partial charge in [-0.3, -0.25) is 19.2 Å². The smallest absolute Gasteiger partial charge is 0.308 e. The van der Waals surface area contributed by atoms with E-state index in [1.807, 2.05) is 0 Å². The standard InChI is InChI=1S/C13H18O9/c1-6(14)19-11-9(5-10(17)18-4)22-13(21-8(3)16)12(11)20-7(2)15/h9,11-13H,5H2,1-4H3/t9-,11-,12-,13-/m1/s1. The van der Waals surface area contributed by atoms with E-state index in [9.17, 15) is 19.2 Å². The van der Waals surface area contributed by atoms with Crippen LogP contribution in [0.3, 0.4) is 0 Å². The van der Waals surface area contributed by atoms with E-state index in [1.165, 1.54) is 7.11 Å². The number of methoxy groups -OCH3 is 1. The van der Waals surface area contributed by atoms with Crippen molar-refractivity contribution in [3.63, 3.8) is 0 Å². The molecule has 1 aliphatic heterocycles. The second-order valence-corrected chi connectivity index (χ2v) is 4.58. The number of hydrogen-bond donors (Lipinski definition) is 0. The van der Waals surface area contributed by atoms with E-state index in [0.29, 0.717) is 0 Å². The van der Waals surface area contributed by atoms with Gasteiger partial charge in [-0.05, 0) is 0 Å². The molecule has 1 saturated heterocycles. The van der Waals surface area contributed by atoms with Crippen LogP contribution in [0.1, 0.15) is 27.2 Å². The molecule has 0 unspecified atom stereocenters. The van der Waals surface area contributed by atoms with Crippen molar-refractivity contribution >= 4 is 23.9 Å². The quantitative estimate of drug-likeness (QED) is 0.497. The zero-order valence-electron chi connectivity index (χ0n) is 12.7. The van der Waals surface area contributed by atoms with E-state index in [4.69, 9.17) is 18.9 Å². The highest BCUT2D eigenvalue weighted by molar-refractivity contribution is 5.71. The number of ether oxygens (including phenoxy) is 5. The van der Waals surface area contributed by atoms with Crippen molar-refractivity contribution in [2.24, 2.45) is 0 Å². The molecule has 0 radical (unpaired) electrons. The van der Waals surface area contributed by atoms with Crippen molar-refractivity contribution in [3.05, 3.63) is 0 Å². The van der Waals surface area contributed by atoms with Crippen molar-refractivity contribution in [2.45, 2.75) is 51.8 Å². The molecule has 0 aliphatic carbocycles. The van der Waals surface area contributed by atoms with Crippen LogP contribution in [0.25, 0.3) is 0 Å². The van der Waals surface area contributed by atoms with Gasteiger partial charge in [0.25, 0.3) is 0 Å². The Labute approximate surface area is 126 Å². The zero-order chi connectivity index (χ0) is 16.9. The highest BCUT2D eigenvalue weighted by Crippen LogP contribution is 2.30. The van der Waals surface area contributed by atoms with Crippen LogP contribution < -0.4 is 0 Å². The maximum Gasteiger partial charge on any atom is 0.308 e. The van der Waals surface area contributed by atoms with Crippen LogP contribution in [0.2, 0.25) is 0 Å². The predicted octanol–water partition coefficient (Wildman–Crippen LogP) is -0.299. The van der Waals surface area contributed by atoms with Crippen molar-refractivity contribution in [1.82, 2.24) is 0 Å². The van der Waals surface area contributed by atoms with E-state index in [-0.39, 0.29) is 6.42 Å². The lowest BCUT2D eigenvalue weighted by Crippen LogP contribution is -2.41. The molecule has 1 heterocycles. The third-order valence-corrected chi connectivity index (χ3v) is 2.75. The maximum atomic E-state index is 11.4. The lowest BCUT2D eigenvalue weighted by Gasteiger charge is -2.22. The van der Waals surface area contributed by atoms with Gasteiger partial charge >= 0.3 is 23.9 Å². The molecule has 22 heavy (non-hydrogen) atoms. The summed E-state index contributed by atoms with van der Waals surface area (Å²) in [6.45, 7) is 3.44. The summed E-state index contributed by atoms with van der Waals surface area (Å²) in [6.07, 6.45) is -4.76. The Bertz CT molecular complexity index is 458. The van der Waals surface area contributed by atoms with Gasteiger partial charge in [0.05, 0.1) is 13.5 Å². The Morgan fingerprint density at radius 2 is 1.36 bits per heavy atom. The molecule has 0 saturated carbocycles. The molecule has 9 heteroatoms. The Morgan fingerprint density at radius 1 is 0.864 bits per heavy atom. The van der Waals surface area contributed by atoms with E-state index >= 15 is 0 Å². The first kappa shape index (κ1) is 17.9. The summed E-state index contributed by atoms with van der Waals surface area (Å²) in [4.78, 5) is 44.9. The Morgan fingerprint density at radius 3 is 1.82 bits per heavy atom. The second kappa shape index (κ2) is 7.74. The van der Waals surface area contributed by atoms with Gasteiger partial charge in [-0.1, -0.05) is 0 Å². The molecule has 9 nitrogen and oxygen atoms in total. The summed E-state index contributed by atoms with van der Waals surface area (Å²) in [5.41, 5.74) is 0. The monoisotopic (exact) mass is 318 g/mol. The van der Waals surface area contributed by atoms with Crippen LogP contribution in [-0.4, -0.2) is 55.6 Å². The van der Waals surface area contributed by atoms with Crippen LogP contribution in [-0.2, 0) is 42.9 Å². The molecule has 1 rings (SSSR count). The van der Waals surface area contributed by atoms with E-state index in [1.54, 1.807) is 0 Å². The largest absolute Gasteiger partial charge is 0.469 e. The van der Waals surface area contributed by atoms with Gasteiger partial charge in [-0.15, -0.1) is 0 Å². The average molecular weight is 318 g/mol. The fourth-order valence-electron chi connectivity index (χ4n) is 2.01. The topological polar surface area (TPSA) is 114 Å². The number of carbonyl (C=O) groups is 4. The molecule has 1 fully saturated rings. The van der Waals surface area contributed by atoms with E-state index in [2.05, 4.69) is 4.74 Å². The zero-order valence-corrected chi connectivity index (χ0v) is 12.7. The third-order valence-electron chi connectivity index (χ3n) is 2.75. The molecule has 124 valence electrons. The van der Waals surface area contributed by atoms with Crippen LogP contribution in [0.5, 0.6) is 0 Å². The summed E-state index contributed by atoms with van der Waals surface area (Å²) < 4.78 is 24.9. The summed E-state index contributed by atoms with van der Waals surface area (Å²) in [5.74, 6) is -2.64. The van der Waals surface area contributed by atoms with Gasteiger partial charge in [-0.25, -0.2) is 0 Å². The van der Waals surface area contributed by atoms with Crippen LogP contribution in [0.4, 0.5) is 0 Å². The van der Waals surface area contributed by atoms with Gasteiger partial charge in [0, 0.05) is 20.8 Å². The van der Waals surface area contributed by atoms with Crippen molar-refractivity contribution < 1.29 is 42.9 Å². The van der Waals surface area contributed by atoms with Gasteiger partial charge in [0.1, 0.15) is 6.10 Å². The second-order valence-electron chi connectivity index (χ2n) is 4.58. The minimum absolute atomic E-state index is 0.260. The average Bonchev–Trinajstić information content (AvgIpc) is 2.66. The number of esters is 4. The molecule has 4 atom stereocenters. The minimum atomic E-state index is -1.28. The fraction of sp³-hybridized carbons (Fsp3) is 0.692. The minimum Gasteiger partial charge on any atom is -0.469 e. The first-order chi connectivity index (χ1) is 10.2. The molecule has 0 aromatic carbocycles. The highest BCUT2D eigenvalue weighted by atomic mass is 16.7. The van der Waals surface area contributed by atoms with Crippen LogP contribution in [0.15, 0.2) is 0 Å². The normalized spacial score (nSPS) is 26.9. The maximum absolute atomic E-state index is 11.4. The SMILES string of the molecule is COC(=O)C[C@H]1O[C@@H](OC(C)=O)[C@H](OC(C)=O)[C@@H]1OC(C)=O. The van der Waals surface area contributed by atoms with E-state index in [0.717, 1.165) is 20.8 Å². The number of carbonyl (C=O) groups excluding carboxylic acids is 4. The molecule has 0 bridgehead atoms. The van der Waals surface area contributed by atoms with Crippen molar-refractivity contribution in [2.75, 3.05) is 7.11 Å². The molecule has 0 aromatic rings. The lowest BCUT2D eigenvalue weighted by molar-refractivity contribution is -0.195. The molecule has 0 N–H and O–H groups in total. The molecular formula is C13H18O9. The Hall–Kier alpha value is -2.16. The van der Waals surface area contributed by atoms with Crippen LogP contribution >= 0.6 is 0 Å². The molecule has 1 aliphatic rings. The lowest BCUT2D eigenvalue weighted by atomic mass is 10.1. The Kier molecular flexibility index (Phi) is 6.29. The van der Waals surface area contributed by atoms with Gasteiger partial charge in [-0.2, -0.15) is 0 Å². The summed E-state index contributed by atoms with van der Waals surface area (Å²) in [5, 5.41) is 0. The highest BCUT2D eigenvalue weighted by Gasteiger charge is 2.51. The summed E-state index contributed by atoms with van der Waals surface area (Å²) >= 11 is 0. The van der Waals surface area contributed by atoms with Crippen molar-refractivity contribution in [3.8, 4) is 0 Å². The van der Waals surface area contributed by atoms with Gasteiger partial charge in [0.15, 0.2) is 6.10 Å². The third kappa shape index (κ3) is 4.99. The van der Waals surface area contributed by atoms with E-state index < -0.39 is 48.5 Å². The predicted molar refractivity (Wildman–Crippen MR) is 68.2 cm³/mol. The molecular weight excluding hydrogens is 300 g/mol. The molecule has 0 aromatic heterocycles. The first-order valence-corrected chi connectivity index (χ1v) is 6.48. The number of rotatable bonds is 5. The Balaban J connectivity index is 2.99. The molecule has 0 amide bonds. The molecule has 0 spiro atoms.